The van der Waals surface area contributed by atoms with Crippen molar-refractivity contribution in [1.29, 1.82) is 0 Å². The summed E-state index contributed by atoms with van der Waals surface area (Å²) in [5, 5.41) is 3.26. The van der Waals surface area contributed by atoms with E-state index in [0.717, 1.165) is 19.5 Å². The average Bonchev–Trinajstić information content (AvgIpc) is 2.10. The predicted octanol–water partition coefficient (Wildman–Crippen LogP) is 2.35. The maximum atomic E-state index is 3.69. The van der Waals surface area contributed by atoms with E-state index in [1.807, 2.05) is 13.0 Å². The molecule has 0 amide bonds. The van der Waals surface area contributed by atoms with Crippen LogP contribution < -0.4 is 5.32 Å². The summed E-state index contributed by atoms with van der Waals surface area (Å²) >= 11 is 0. The van der Waals surface area contributed by atoms with Crippen LogP contribution in [0, 0.1) is 11.8 Å². The van der Waals surface area contributed by atoms with Gasteiger partial charge in [0.1, 0.15) is 0 Å². The molecule has 1 nitrogen and oxygen atoms in total. The topological polar surface area (TPSA) is 12.0 Å². The van der Waals surface area contributed by atoms with Crippen molar-refractivity contribution < 1.29 is 0 Å². The molecule has 0 aromatic carbocycles. The van der Waals surface area contributed by atoms with Crippen molar-refractivity contribution in [1.82, 2.24) is 5.32 Å². The summed E-state index contributed by atoms with van der Waals surface area (Å²) in [6, 6.07) is 0. The van der Waals surface area contributed by atoms with Crippen LogP contribution in [0.2, 0.25) is 0 Å². The van der Waals surface area contributed by atoms with Gasteiger partial charge in [-0.1, -0.05) is 18.4 Å². The third-order valence-electron chi connectivity index (χ3n) is 1.65. The zero-order chi connectivity index (χ0) is 9.07. The number of hydrogen-bond acceptors (Lipinski definition) is 1. The van der Waals surface area contributed by atoms with Crippen LogP contribution in [-0.2, 0) is 0 Å². The lowest BCUT2D eigenvalue weighted by molar-refractivity contribution is 0.634. The van der Waals surface area contributed by atoms with Gasteiger partial charge in [0.25, 0.3) is 0 Å². The van der Waals surface area contributed by atoms with Gasteiger partial charge in [-0.15, -0.1) is 12.5 Å². The van der Waals surface area contributed by atoms with Gasteiger partial charge in [-0.2, -0.15) is 0 Å². The predicted molar refractivity (Wildman–Crippen MR) is 55.0 cm³/mol. The summed E-state index contributed by atoms with van der Waals surface area (Å²) in [6.07, 6.45) is 6.94. The zero-order valence-corrected chi connectivity index (χ0v) is 8.03. The van der Waals surface area contributed by atoms with Crippen molar-refractivity contribution in [2.24, 2.45) is 0 Å². The van der Waals surface area contributed by atoms with Crippen LogP contribution in [0.25, 0.3) is 0 Å². The minimum absolute atomic E-state index is 0.831. The van der Waals surface area contributed by atoms with E-state index in [2.05, 4.69) is 23.7 Å². The van der Waals surface area contributed by atoms with E-state index in [1.165, 1.54) is 19.3 Å². The molecule has 0 spiro atoms. The van der Waals surface area contributed by atoms with Gasteiger partial charge in [-0.25, -0.2) is 0 Å². The van der Waals surface area contributed by atoms with E-state index in [0.29, 0.717) is 0 Å². The smallest absolute Gasteiger partial charge is 0.0576 e. The molecular weight excluding hydrogens is 146 g/mol. The van der Waals surface area contributed by atoms with Crippen LogP contribution in [0.1, 0.15) is 32.6 Å². The van der Waals surface area contributed by atoms with Crippen molar-refractivity contribution in [3.63, 3.8) is 0 Å². The third kappa shape index (κ3) is 9.26. The van der Waals surface area contributed by atoms with Crippen LogP contribution in [0.3, 0.4) is 0 Å². The molecule has 0 aromatic heterocycles. The maximum absolute atomic E-state index is 3.69. The Kier molecular flexibility index (Phi) is 9.63. The summed E-state index contributed by atoms with van der Waals surface area (Å²) in [6.45, 7) is 7.47. The molecule has 0 heterocycles. The van der Waals surface area contributed by atoms with Crippen molar-refractivity contribution in [2.75, 3.05) is 13.1 Å². The Bertz CT molecular complexity index is 150. The SMILES string of the molecule is C=CCCCCCNCC#CC. The molecule has 0 aliphatic rings. The van der Waals surface area contributed by atoms with E-state index >= 15 is 0 Å². The second kappa shape index (κ2) is 10.3. The van der Waals surface area contributed by atoms with E-state index in [1.54, 1.807) is 0 Å². The van der Waals surface area contributed by atoms with E-state index in [-0.39, 0.29) is 0 Å². The van der Waals surface area contributed by atoms with Crippen molar-refractivity contribution in [3.8, 4) is 11.8 Å². The first-order valence-corrected chi connectivity index (χ1v) is 4.63. The molecule has 0 bridgehead atoms. The Morgan fingerprint density at radius 3 is 2.83 bits per heavy atom. The first-order valence-electron chi connectivity index (χ1n) is 4.63. The molecule has 0 fully saturated rings. The molecule has 0 saturated heterocycles. The Hall–Kier alpha value is -0.740. The minimum Gasteiger partial charge on any atom is -0.306 e. The van der Waals surface area contributed by atoms with Crippen LogP contribution in [0.4, 0.5) is 0 Å². The quantitative estimate of drug-likeness (QED) is 0.347. The fourth-order valence-corrected chi connectivity index (χ4v) is 0.955. The van der Waals surface area contributed by atoms with Gasteiger partial charge in [0, 0.05) is 0 Å². The van der Waals surface area contributed by atoms with E-state index in [4.69, 9.17) is 0 Å². The highest BCUT2D eigenvalue weighted by molar-refractivity contribution is 4.96. The van der Waals surface area contributed by atoms with Gasteiger partial charge in [-0.3, -0.25) is 0 Å². The van der Waals surface area contributed by atoms with Crippen molar-refractivity contribution in [3.05, 3.63) is 12.7 Å². The number of allylic oxidation sites excluding steroid dienone is 1. The average molecular weight is 165 g/mol. The van der Waals surface area contributed by atoms with Crippen LogP contribution in [-0.4, -0.2) is 13.1 Å². The van der Waals surface area contributed by atoms with Gasteiger partial charge in [0.2, 0.25) is 0 Å². The molecular formula is C11H19N. The summed E-state index contributed by atoms with van der Waals surface area (Å²) in [4.78, 5) is 0. The summed E-state index contributed by atoms with van der Waals surface area (Å²) < 4.78 is 0. The Labute approximate surface area is 76.2 Å². The van der Waals surface area contributed by atoms with Gasteiger partial charge in [-0.05, 0) is 32.7 Å². The lowest BCUT2D eigenvalue weighted by Crippen LogP contribution is -2.15. The second-order valence-corrected chi connectivity index (χ2v) is 2.74. The molecule has 0 aliphatic heterocycles. The zero-order valence-electron chi connectivity index (χ0n) is 8.03. The molecule has 0 aromatic rings. The number of unbranched alkanes of at least 4 members (excludes halogenated alkanes) is 3. The third-order valence-corrected chi connectivity index (χ3v) is 1.65. The second-order valence-electron chi connectivity index (χ2n) is 2.74. The molecule has 0 aliphatic carbocycles. The minimum atomic E-state index is 0.831. The summed E-state index contributed by atoms with van der Waals surface area (Å²) in [7, 11) is 0. The van der Waals surface area contributed by atoms with Crippen LogP contribution in [0.5, 0.6) is 0 Å². The Morgan fingerprint density at radius 1 is 1.33 bits per heavy atom. The molecule has 0 atom stereocenters. The lowest BCUT2D eigenvalue weighted by atomic mass is 10.2. The fraction of sp³-hybridized carbons (Fsp3) is 0.636. The standard InChI is InChI=1S/C11H19N/c1-3-5-7-8-9-11-12-10-6-4-2/h3,12H,1,5,7-11H2,2H3. The van der Waals surface area contributed by atoms with E-state index in [9.17, 15) is 0 Å². The van der Waals surface area contributed by atoms with Gasteiger partial charge in [0.05, 0.1) is 6.54 Å². The van der Waals surface area contributed by atoms with Crippen LogP contribution >= 0.6 is 0 Å². The molecule has 0 rings (SSSR count). The molecule has 0 unspecified atom stereocenters. The molecule has 68 valence electrons. The highest BCUT2D eigenvalue weighted by Crippen LogP contribution is 1.98. The fourth-order valence-electron chi connectivity index (χ4n) is 0.955. The number of hydrogen-bond donors (Lipinski definition) is 1. The normalized spacial score (nSPS) is 8.75. The molecule has 1 heteroatoms. The van der Waals surface area contributed by atoms with Gasteiger partial charge in [0.15, 0.2) is 0 Å². The lowest BCUT2D eigenvalue weighted by Gasteiger charge is -1.99. The van der Waals surface area contributed by atoms with Gasteiger partial charge < -0.3 is 5.32 Å². The Balaban J connectivity index is 2.89. The number of nitrogens with one attached hydrogen (secondary N) is 1. The summed E-state index contributed by atoms with van der Waals surface area (Å²) in [5.41, 5.74) is 0. The largest absolute Gasteiger partial charge is 0.306 e. The molecule has 0 radical (unpaired) electrons. The van der Waals surface area contributed by atoms with Crippen molar-refractivity contribution >= 4 is 0 Å². The highest BCUT2D eigenvalue weighted by atomic mass is 14.8. The first-order chi connectivity index (χ1) is 5.91. The molecule has 12 heavy (non-hydrogen) atoms. The van der Waals surface area contributed by atoms with Gasteiger partial charge >= 0.3 is 0 Å². The first kappa shape index (κ1) is 11.3. The maximum Gasteiger partial charge on any atom is 0.0576 e. The Morgan fingerprint density at radius 2 is 2.17 bits per heavy atom. The number of rotatable bonds is 7. The summed E-state index contributed by atoms with van der Waals surface area (Å²) in [5.74, 6) is 5.83. The van der Waals surface area contributed by atoms with Crippen molar-refractivity contribution in [2.45, 2.75) is 32.6 Å². The van der Waals surface area contributed by atoms with Crippen LogP contribution in [0.15, 0.2) is 12.7 Å². The highest BCUT2D eigenvalue weighted by Gasteiger charge is 1.86. The van der Waals surface area contributed by atoms with E-state index < -0.39 is 0 Å². The molecule has 0 saturated carbocycles. The monoisotopic (exact) mass is 165 g/mol. The molecule has 1 N–H and O–H groups in total.